The quantitative estimate of drug-likeness (QED) is 0.769. The molecule has 0 N–H and O–H groups in total. The molecule has 24 heavy (non-hydrogen) atoms. The maximum absolute atomic E-state index is 14.2. The summed E-state index contributed by atoms with van der Waals surface area (Å²) in [6, 6.07) is 4.15. The van der Waals surface area contributed by atoms with E-state index < -0.39 is 27.7 Å². The Morgan fingerprint density at radius 1 is 1.17 bits per heavy atom. The van der Waals surface area contributed by atoms with Gasteiger partial charge in [-0.15, -0.1) is 0 Å². The molecule has 0 radical (unpaired) electrons. The minimum absolute atomic E-state index is 0.154. The van der Waals surface area contributed by atoms with Crippen molar-refractivity contribution in [3.63, 3.8) is 0 Å². The van der Waals surface area contributed by atoms with E-state index in [4.69, 9.17) is 0 Å². The Hall–Kier alpha value is -1.15. The van der Waals surface area contributed by atoms with Crippen molar-refractivity contribution in [3.05, 3.63) is 35.4 Å². The first-order valence-electron chi connectivity index (χ1n) is 7.83. The molecular weight excluding hydrogens is 346 g/mol. The standard InChI is InChI=1S/C16H19F4NO2S/c17-14(12-1-3-13(4-2-12)16(18,19)20)5-7-21-8-6-15(9-21)10-24(22,23)11-15/h1-4,14H,5-11H2. The average molecular weight is 365 g/mol. The molecule has 0 amide bonds. The molecule has 2 aliphatic heterocycles. The van der Waals surface area contributed by atoms with Crippen LogP contribution in [0.25, 0.3) is 0 Å². The summed E-state index contributed by atoms with van der Waals surface area (Å²) in [5.74, 6) is 0.433. The molecule has 3 nitrogen and oxygen atoms in total. The van der Waals surface area contributed by atoms with E-state index in [0.717, 1.165) is 25.1 Å². The van der Waals surface area contributed by atoms with Crippen molar-refractivity contribution >= 4 is 9.84 Å². The van der Waals surface area contributed by atoms with Crippen LogP contribution in [0.5, 0.6) is 0 Å². The van der Waals surface area contributed by atoms with Crippen LogP contribution in [0.3, 0.4) is 0 Å². The summed E-state index contributed by atoms with van der Waals surface area (Å²) in [4.78, 5) is 2.05. The molecule has 2 saturated heterocycles. The Morgan fingerprint density at radius 2 is 1.79 bits per heavy atom. The van der Waals surface area contributed by atoms with Gasteiger partial charge in [-0.3, -0.25) is 0 Å². The maximum atomic E-state index is 14.2. The maximum Gasteiger partial charge on any atom is 0.416 e. The Bertz CT molecular complexity index is 688. The third-order valence-electron chi connectivity index (χ3n) is 4.87. The van der Waals surface area contributed by atoms with Crippen LogP contribution in [-0.4, -0.2) is 44.5 Å². The molecule has 1 aromatic carbocycles. The van der Waals surface area contributed by atoms with Crippen molar-refractivity contribution in [1.82, 2.24) is 4.90 Å². The zero-order chi connectivity index (χ0) is 17.6. The monoisotopic (exact) mass is 365 g/mol. The molecule has 0 aromatic heterocycles. The molecule has 3 rings (SSSR count). The number of sulfone groups is 1. The summed E-state index contributed by atoms with van der Waals surface area (Å²) >= 11 is 0. The van der Waals surface area contributed by atoms with Crippen LogP contribution in [0, 0.1) is 5.41 Å². The number of halogens is 4. The van der Waals surface area contributed by atoms with Crippen LogP contribution < -0.4 is 0 Å². The zero-order valence-electron chi connectivity index (χ0n) is 13.0. The fraction of sp³-hybridized carbons (Fsp3) is 0.625. The van der Waals surface area contributed by atoms with Gasteiger partial charge < -0.3 is 4.90 Å². The largest absolute Gasteiger partial charge is 0.416 e. The summed E-state index contributed by atoms with van der Waals surface area (Å²) in [7, 11) is -2.88. The third kappa shape index (κ3) is 3.74. The molecule has 8 heteroatoms. The highest BCUT2D eigenvalue weighted by Gasteiger charge is 2.51. The second-order valence-corrected chi connectivity index (χ2v) is 9.00. The summed E-state index contributed by atoms with van der Waals surface area (Å²) in [5.41, 5.74) is -0.701. The van der Waals surface area contributed by atoms with Crippen molar-refractivity contribution < 1.29 is 26.0 Å². The molecule has 1 unspecified atom stereocenters. The van der Waals surface area contributed by atoms with Gasteiger partial charge in [0.1, 0.15) is 6.17 Å². The van der Waals surface area contributed by atoms with E-state index >= 15 is 0 Å². The lowest BCUT2D eigenvalue weighted by Gasteiger charge is -2.37. The smallest absolute Gasteiger partial charge is 0.303 e. The van der Waals surface area contributed by atoms with E-state index in [9.17, 15) is 26.0 Å². The number of likely N-dealkylation sites (tertiary alicyclic amines) is 1. The van der Waals surface area contributed by atoms with Crippen LogP contribution in [0.4, 0.5) is 17.6 Å². The normalized spacial score (nSPS) is 24.0. The number of rotatable bonds is 4. The average Bonchev–Trinajstić information content (AvgIpc) is 2.86. The van der Waals surface area contributed by atoms with E-state index in [-0.39, 0.29) is 28.9 Å². The lowest BCUT2D eigenvalue weighted by molar-refractivity contribution is -0.137. The highest BCUT2D eigenvalue weighted by molar-refractivity contribution is 7.92. The fourth-order valence-corrected chi connectivity index (χ4v) is 5.94. The van der Waals surface area contributed by atoms with Crippen LogP contribution in [-0.2, 0) is 16.0 Å². The third-order valence-corrected chi connectivity index (χ3v) is 6.97. The number of hydrogen-bond acceptors (Lipinski definition) is 3. The number of benzene rings is 1. The van der Waals surface area contributed by atoms with Crippen LogP contribution in [0.1, 0.15) is 30.1 Å². The Balaban J connectivity index is 1.50. The van der Waals surface area contributed by atoms with Gasteiger partial charge in [-0.2, -0.15) is 13.2 Å². The molecule has 1 atom stereocenters. The van der Waals surface area contributed by atoms with Crippen molar-refractivity contribution in [2.45, 2.75) is 25.2 Å². The topological polar surface area (TPSA) is 37.4 Å². The van der Waals surface area contributed by atoms with Crippen molar-refractivity contribution in [1.29, 1.82) is 0 Å². The molecule has 2 fully saturated rings. The second-order valence-electron chi connectivity index (χ2n) is 6.93. The van der Waals surface area contributed by atoms with Crippen LogP contribution in [0.2, 0.25) is 0 Å². The number of alkyl halides is 4. The molecular formula is C16H19F4NO2S. The van der Waals surface area contributed by atoms with E-state index in [1.165, 1.54) is 12.1 Å². The molecule has 0 bridgehead atoms. The highest BCUT2D eigenvalue weighted by Crippen LogP contribution is 2.41. The van der Waals surface area contributed by atoms with Crippen molar-refractivity contribution in [2.24, 2.45) is 5.41 Å². The van der Waals surface area contributed by atoms with E-state index in [1.54, 1.807) is 0 Å². The van der Waals surface area contributed by atoms with E-state index in [0.29, 0.717) is 13.1 Å². The van der Waals surface area contributed by atoms with Crippen molar-refractivity contribution in [3.8, 4) is 0 Å². The summed E-state index contributed by atoms with van der Waals surface area (Å²) in [6.07, 6.45) is -4.75. The predicted octanol–water partition coefficient (Wildman–Crippen LogP) is 3.23. The minimum Gasteiger partial charge on any atom is -0.303 e. The van der Waals surface area contributed by atoms with Crippen LogP contribution >= 0.6 is 0 Å². The Morgan fingerprint density at radius 3 is 2.33 bits per heavy atom. The molecule has 1 aromatic rings. The van der Waals surface area contributed by atoms with Crippen LogP contribution in [0.15, 0.2) is 24.3 Å². The van der Waals surface area contributed by atoms with E-state index in [1.807, 2.05) is 4.90 Å². The van der Waals surface area contributed by atoms with Gasteiger partial charge in [0, 0.05) is 18.5 Å². The highest BCUT2D eigenvalue weighted by atomic mass is 32.2. The summed E-state index contributed by atoms with van der Waals surface area (Å²) in [6.45, 7) is 1.88. The number of hydrogen-bond donors (Lipinski definition) is 0. The molecule has 134 valence electrons. The lowest BCUT2D eigenvalue weighted by Crippen LogP contribution is -2.50. The molecule has 0 aliphatic carbocycles. The lowest BCUT2D eigenvalue weighted by atomic mass is 9.91. The first-order chi connectivity index (χ1) is 11.1. The number of nitrogens with zero attached hydrogens (tertiary/aromatic N) is 1. The summed E-state index contributed by atoms with van der Waals surface area (Å²) in [5, 5.41) is 0. The predicted molar refractivity (Wildman–Crippen MR) is 82.1 cm³/mol. The fourth-order valence-electron chi connectivity index (χ4n) is 3.69. The molecule has 0 saturated carbocycles. The Kier molecular flexibility index (Phi) is 4.40. The molecule has 2 aliphatic rings. The first kappa shape index (κ1) is 17.7. The first-order valence-corrected chi connectivity index (χ1v) is 9.65. The van der Waals surface area contributed by atoms with E-state index in [2.05, 4.69) is 0 Å². The van der Waals surface area contributed by atoms with Gasteiger partial charge in [0.25, 0.3) is 0 Å². The van der Waals surface area contributed by atoms with Gasteiger partial charge in [-0.05, 0) is 37.1 Å². The molecule has 2 heterocycles. The van der Waals surface area contributed by atoms with Gasteiger partial charge in [-0.1, -0.05) is 12.1 Å². The van der Waals surface area contributed by atoms with Gasteiger partial charge >= 0.3 is 6.18 Å². The van der Waals surface area contributed by atoms with Gasteiger partial charge in [0.2, 0.25) is 0 Å². The zero-order valence-corrected chi connectivity index (χ0v) is 13.8. The summed E-state index contributed by atoms with van der Waals surface area (Å²) < 4.78 is 74.4. The van der Waals surface area contributed by atoms with Gasteiger partial charge in [0.05, 0.1) is 17.1 Å². The second kappa shape index (κ2) is 5.98. The molecule has 1 spiro atoms. The van der Waals surface area contributed by atoms with Crippen molar-refractivity contribution in [2.75, 3.05) is 31.1 Å². The van der Waals surface area contributed by atoms with Gasteiger partial charge in [-0.25, -0.2) is 12.8 Å². The SMILES string of the molecule is O=S1(=O)CC2(CCN(CCC(F)c3ccc(C(F)(F)F)cc3)C2)C1. The van der Waals surface area contributed by atoms with Gasteiger partial charge in [0.15, 0.2) is 9.84 Å². The Labute approximate surface area is 138 Å². The minimum atomic E-state index is -4.42.